The minimum absolute atomic E-state index is 0.113. The Labute approximate surface area is 128 Å². The van der Waals surface area contributed by atoms with Gasteiger partial charge >= 0.3 is 0 Å². The molecule has 0 spiro atoms. The predicted octanol–water partition coefficient (Wildman–Crippen LogP) is 3.38. The molecule has 21 heavy (non-hydrogen) atoms. The van der Waals surface area contributed by atoms with Crippen molar-refractivity contribution in [2.45, 2.75) is 52.2 Å². The van der Waals surface area contributed by atoms with Gasteiger partial charge in [-0.1, -0.05) is 12.1 Å². The maximum Gasteiger partial charge on any atom is 0.179 e. The van der Waals surface area contributed by atoms with Gasteiger partial charge in [0.05, 0.1) is 12.1 Å². The van der Waals surface area contributed by atoms with E-state index in [-0.39, 0.29) is 17.9 Å². The summed E-state index contributed by atoms with van der Waals surface area (Å²) in [6.07, 6.45) is 3.78. The Bertz CT molecular complexity index is 492. The second-order valence-electron chi connectivity index (χ2n) is 6.27. The van der Waals surface area contributed by atoms with E-state index in [0.29, 0.717) is 0 Å². The Kier molecular flexibility index (Phi) is 5.54. The quantitative estimate of drug-likeness (QED) is 0.778. The van der Waals surface area contributed by atoms with E-state index in [4.69, 9.17) is 4.74 Å². The standard InChI is InChI=1S/C18H27NO2/c1-13-8-9-16(11-14(13)2)18(20)15(3)19(4)12-17-7-5-6-10-21-17/h8-9,11,15,17H,5-7,10,12H2,1-4H3. The van der Waals surface area contributed by atoms with Crippen LogP contribution in [-0.4, -0.2) is 43.0 Å². The summed E-state index contributed by atoms with van der Waals surface area (Å²) < 4.78 is 5.77. The molecule has 1 fully saturated rings. The fourth-order valence-electron chi connectivity index (χ4n) is 2.77. The maximum absolute atomic E-state index is 12.6. The molecule has 1 aliphatic rings. The smallest absolute Gasteiger partial charge is 0.179 e. The minimum atomic E-state index is -0.113. The average Bonchev–Trinajstić information content (AvgIpc) is 2.49. The van der Waals surface area contributed by atoms with Gasteiger partial charge in [0, 0.05) is 18.7 Å². The van der Waals surface area contributed by atoms with Crippen molar-refractivity contribution >= 4 is 5.78 Å². The number of hydrogen-bond acceptors (Lipinski definition) is 3. The van der Waals surface area contributed by atoms with Crippen LogP contribution in [0.25, 0.3) is 0 Å². The first-order valence-corrected chi connectivity index (χ1v) is 7.92. The molecular weight excluding hydrogens is 262 g/mol. The first kappa shape index (κ1) is 16.2. The fraction of sp³-hybridized carbons (Fsp3) is 0.611. The van der Waals surface area contributed by atoms with E-state index in [2.05, 4.69) is 18.7 Å². The predicted molar refractivity (Wildman–Crippen MR) is 85.9 cm³/mol. The van der Waals surface area contributed by atoms with Gasteiger partial charge in [-0.25, -0.2) is 0 Å². The molecule has 1 aromatic carbocycles. The second-order valence-corrected chi connectivity index (χ2v) is 6.27. The van der Waals surface area contributed by atoms with Gasteiger partial charge < -0.3 is 4.74 Å². The van der Waals surface area contributed by atoms with E-state index in [9.17, 15) is 4.79 Å². The summed E-state index contributed by atoms with van der Waals surface area (Å²) >= 11 is 0. The highest BCUT2D eigenvalue weighted by Crippen LogP contribution is 2.17. The van der Waals surface area contributed by atoms with Crippen molar-refractivity contribution < 1.29 is 9.53 Å². The summed E-state index contributed by atoms with van der Waals surface area (Å²) in [5.74, 6) is 0.191. The molecule has 0 N–H and O–H groups in total. The van der Waals surface area contributed by atoms with Crippen molar-refractivity contribution in [1.29, 1.82) is 0 Å². The lowest BCUT2D eigenvalue weighted by Crippen LogP contribution is -2.42. The van der Waals surface area contributed by atoms with E-state index in [1.165, 1.54) is 17.5 Å². The summed E-state index contributed by atoms with van der Waals surface area (Å²) in [6.45, 7) is 7.80. The normalized spacial score (nSPS) is 20.5. The molecule has 2 rings (SSSR count). The van der Waals surface area contributed by atoms with E-state index in [1.807, 2.05) is 32.2 Å². The Balaban J connectivity index is 1.98. The van der Waals surface area contributed by atoms with Crippen LogP contribution in [0.4, 0.5) is 0 Å². The number of Topliss-reactive ketones (excluding diaryl/α,β-unsaturated/α-hetero) is 1. The molecule has 2 unspecified atom stereocenters. The van der Waals surface area contributed by atoms with Crippen LogP contribution in [0.2, 0.25) is 0 Å². The van der Waals surface area contributed by atoms with E-state index in [1.54, 1.807) is 0 Å². The van der Waals surface area contributed by atoms with Gasteiger partial charge in [-0.15, -0.1) is 0 Å². The molecule has 0 aliphatic carbocycles. The summed E-state index contributed by atoms with van der Waals surface area (Å²) in [5, 5.41) is 0. The van der Waals surface area contributed by atoms with Crippen LogP contribution in [0.3, 0.4) is 0 Å². The molecule has 0 radical (unpaired) electrons. The Morgan fingerprint density at radius 3 is 2.71 bits per heavy atom. The molecule has 0 bridgehead atoms. The molecule has 1 saturated heterocycles. The zero-order valence-corrected chi connectivity index (χ0v) is 13.7. The van der Waals surface area contributed by atoms with Crippen LogP contribution in [0.15, 0.2) is 18.2 Å². The van der Waals surface area contributed by atoms with Crippen LogP contribution < -0.4 is 0 Å². The molecule has 0 aromatic heterocycles. The number of aryl methyl sites for hydroxylation is 2. The van der Waals surface area contributed by atoms with Crippen molar-refractivity contribution in [3.63, 3.8) is 0 Å². The van der Waals surface area contributed by atoms with Gasteiger partial charge in [0.1, 0.15) is 0 Å². The van der Waals surface area contributed by atoms with Gasteiger partial charge in [-0.2, -0.15) is 0 Å². The molecule has 1 aromatic rings. The molecule has 1 heterocycles. The molecule has 3 nitrogen and oxygen atoms in total. The molecule has 3 heteroatoms. The minimum Gasteiger partial charge on any atom is -0.377 e. The summed E-state index contributed by atoms with van der Waals surface area (Å²) in [7, 11) is 2.02. The lowest BCUT2D eigenvalue weighted by molar-refractivity contribution is -0.00577. The third-order valence-electron chi connectivity index (χ3n) is 4.60. The van der Waals surface area contributed by atoms with Crippen molar-refractivity contribution in [2.75, 3.05) is 20.2 Å². The van der Waals surface area contributed by atoms with Crippen molar-refractivity contribution in [2.24, 2.45) is 0 Å². The van der Waals surface area contributed by atoms with Crippen molar-refractivity contribution in [1.82, 2.24) is 4.90 Å². The van der Waals surface area contributed by atoms with Gasteiger partial charge in [0.15, 0.2) is 5.78 Å². The summed E-state index contributed by atoms with van der Waals surface area (Å²) in [6, 6.07) is 5.85. The van der Waals surface area contributed by atoms with Gasteiger partial charge in [-0.05, 0) is 64.3 Å². The number of carbonyl (C=O) groups excluding carboxylic acids is 1. The molecule has 116 valence electrons. The Hall–Kier alpha value is -1.19. The Morgan fingerprint density at radius 2 is 2.10 bits per heavy atom. The molecule has 0 saturated carbocycles. The number of benzene rings is 1. The lowest BCUT2D eigenvalue weighted by Gasteiger charge is -2.30. The number of rotatable bonds is 5. The third-order valence-corrected chi connectivity index (χ3v) is 4.60. The van der Waals surface area contributed by atoms with Crippen LogP contribution >= 0.6 is 0 Å². The first-order valence-electron chi connectivity index (χ1n) is 7.92. The topological polar surface area (TPSA) is 29.5 Å². The van der Waals surface area contributed by atoms with Crippen LogP contribution in [-0.2, 0) is 4.74 Å². The SMILES string of the molecule is Cc1ccc(C(=O)C(C)N(C)CC2CCCCO2)cc1C. The zero-order chi connectivity index (χ0) is 15.4. The number of carbonyl (C=O) groups is 1. The average molecular weight is 289 g/mol. The van der Waals surface area contributed by atoms with Gasteiger partial charge in [0.25, 0.3) is 0 Å². The molecule has 1 aliphatic heterocycles. The number of ketones is 1. The number of likely N-dealkylation sites (N-methyl/N-ethyl adjacent to an activating group) is 1. The monoisotopic (exact) mass is 289 g/mol. The molecule has 2 atom stereocenters. The van der Waals surface area contributed by atoms with Crippen LogP contribution in [0.1, 0.15) is 47.7 Å². The third kappa shape index (κ3) is 4.14. The highest BCUT2D eigenvalue weighted by molar-refractivity contribution is 6.00. The number of nitrogens with zero attached hydrogens (tertiary/aromatic N) is 1. The lowest BCUT2D eigenvalue weighted by atomic mass is 9.99. The van der Waals surface area contributed by atoms with Crippen molar-refractivity contribution in [3.05, 3.63) is 34.9 Å². The van der Waals surface area contributed by atoms with Crippen molar-refractivity contribution in [3.8, 4) is 0 Å². The Morgan fingerprint density at radius 1 is 1.33 bits per heavy atom. The molecular formula is C18H27NO2. The van der Waals surface area contributed by atoms with E-state index < -0.39 is 0 Å². The number of hydrogen-bond donors (Lipinski definition) is 0. The maximum atomic E-state index is 12.6. The highest BCUT2D eigenvalue weighted by Gasteiger charge is 2.23. The largest absolute Gasteiger partial charge is 0.377 e. The molecule has 0 amide bonds. The second kappa shape index (κ2) is 7.19. The summed E-state index contributed by atoms with van der Waals surface area (Å²) in [4.78, 5) is 14.7. The van der Waals surface area contributed by atoms with E-state index in [0.717, 1.165) is 31.6 Å². The zero-order valence-electron chi connectivity index (χ0n) is 13.7. The number of ether oxygens (including phenoxy) is 1. The van der Waals surface area contributed by atoms with Crippen LogP contribution in [0.5, 0.6) is 0 Å². The fourth-order valence-corrected chi connectivity index (χ4v) is 2.77. The first-order chi connectivity index (χ1) is 9.99. The van der Waals surface area contributed by atoms with Gasteiger partial charge in [0.2, 0.25) is 0 Å². The summed E-state index contributed by atoms with van der Waals surface area (Å²) in [5.41, 5.74) is 3.21. The van der Waals surface area contributed by atoms with Gasteiger partial charge in [-0.3, -0.25) is 9.69 Å². The highest BCUT2D eigenvalue weighted by atomic mass is 16.5. The van der Waals surface area contributed by atoms with E-state index >= 15 is 0 Å². The van der Waals surface area contributed by atoms with Crippen LogP contribution in [0, 0.1) is 13.8 Å².